The van der Waals surface area contributed by atoms with Crippen LogP contribution in [0.2, 0.25) is 0 Å². The minimum atomic E-state index is -1.10. The van der Waals surface area contributed by atoms with Crippen LogP contribution in [0.4, 0.5) is 0 Å². The van der Waals surface area contributed by atoms with Gasteiger partial charge in [0.15, 0.2) is 12.2 Å². The summed E-state index contributed by atoms with van der Waals surface area (Å²) >= 11 is 0. The lowest BCUT2D eigenvalue weighted by atomic mass is 10.1. The summed E-state index contributed by atoms with van der Waals surface area (Å²) in [4.78, 5) is 24.6. The topological polar surface area (TPSA) is 80.3 Å². The minimum Gasteiger partial charge on any atom is -0.467 e. The molecule has 1 saturated heterocycles. The summed E-state index contributed by atoms with van der Waals surface area (Å²) in [6.07, 6.45) is -3.88. The molecule has 0 bridgehead atoms. The normalized spacial score (nSPS) is 23.5. The Balaban J connectivity index is 1.81. The molecule has 0 spiro atoms. The zero-order valence-corrected chi connectivity index (χ0v) is 16.4. The smallest absolute Gasteiger partial charge is 0.337 e. The molecule has 1 aliphatic rings. The van der Waals surface area contributed by atoms with Gasteiger partial charge in [-0.3, -0.25) is 0 Å². The number of carbonyl (C=O) groups excluding carboxylic acids is 2. The first-order valence-electron chi connectivity index (χ1n) is 9.26. The highest BCUT2D eigenvalue weighted by Gasteiger charge is 2.53. The van der Waals surface area contributed by atoms with Crippen LogP contribution in [-0.2, 0) is 46.5 Å². The summed E-state index contributed by atoms with van der Waals surface area (Å²) in [5.74, 6) is -1.27. The van der Waals surface area contributed by atoms with Crippen LogP contribution in [0.5, 0.6) is 0 Å². The fourth-order valence-electron chi connectivity index (χ4n) is 3.17. The molecule has 2 aromatic rings. The molecule has 1 aliphatic heterocycles. The van der Waals surface area contributed by atoms with Crippen LogP contribution >= 0.6 is 0 Å². The third-order valence-corrected chi connectivity index (χ3v) is 4.65. The average molecular weight is 400 g/mol. The van der Waals surface area contributed by atoms with Crippen molar-refractivity contribution in [2.24, 2.45) is 0 Å². The molecule has 0 unspecified atom stereocenters. The van der Waals surface area contributed by atoms with E-state index in [1.807, 2.05) is 60.7 Å². The molecule has 0 saturated carbocycles. The standard InChI is InChI=1S/C22H24O7/c1-25-21(23)19-17(27-13-15-9-5-3-6-10-15)18(20(29-19)22(24)26-2)28-14-16-11-7-4-8-12-16/h3-12,17-20H,13-14H2,1-2H3/t17-,18-,19+,20+/m0/s1. The summed E-state index contributed by atoms with van der Waals surface area (Å²) in [7, 11) is 2.51. The number of hydrogen-bond acceptors (Lipinski definition) is 7. The predicted octanol–water partition coefficient (Wildman–Crippen LogP) is 2.27. The van der Waals surface area contributed by atoms with Crippen LogP contribution in [0, 0.1) is 0 Å². The average Bonchev–Trinajstić information content (AvgIpc) is 3.15. The molecule has 3 rings (SSSR count). The lowest BCUT2D eigenvalue weighted by Gasteiger charge is -2.23. The van der Waals surface area contributed by atoms with Crippen LogP contribution in [0.25, 0.3) is 0 Å². The number of ether oxygens (including phenoxy) is 5. The second-order valence-corrected chi connectivity index (χ2v) is 6.55. The number of methoxy groups -OCH3 is 2. The van der Waals surface area contributed by atoms with E-state index in [9.17, 15) is 9.59 Å². The van der Waals surface area contributed by atoms with E-state index < -0.39 is 36.4 Å². The van der Waals surface area contributed by atoms with Crippen molar-refractivity contribution < 1.29 is 33.3 Å². The van der Waals surface area contributed by atoms with Crippen molar-refractivity contribution in [1.29, 1.82) is 0 Å². The number of rotatable bonds is 8. The predicted molar refractivity (Wildman–Crippen MR) is 103 cm³/mol. The number of benzene rings is 2. The van der Waals surface area contributed by atoms with Crippen molar-refractivity contribution in [2.45, 2.75) is 37.6 Å². The molecule has 29 heavy (non-hydrogen) atoms. The minimum absolute atomic E-state index is 0.224. The van der Waals surface area contributed by atoms with Gasteiger partial charge in [-0.15, -0.1) is 0 Å². The number of esters is 2. The van der Waals surface area contributed by atoms with Crippen LogP contribution in [-0.4, -0.2) is 50.6 Å². The quantitative estimate of drug-likeness (QED) is 0.629. The van der Waals surface area contributed by atoms with Gasteiger partial charge >= 0.3 is 11.9 Å². The van der Waals surface area contributed by atoms with Crippen LogP contribution < -0.4 is 0 Å². The first-order chi connectivity index (χ1) is 14.1. The van der Waals surface area contributed by atoms with Crippen molar-refractivity contribution in [3.8, 4) is 0 Å². The zero-order chi connectivity index (χ0) is 20.6. The summed E-state index contributed by atoms with van der Waals surface area (Å²) in [6, 6.07) is 19.0. The molecule has 1 heterocycles. The summed E-state index contributed by atoms with van der Waals surface area (Å²) in [5.41, 5.74) is 1.83. The van der Waals surface area contributed by atoms with Crippen LogP contribution in [0.15, 0.2) is 60.7 Å². The second kappa shape index (κ2) is 10.2. The molecule has 0 N–H and O–H groups in total. The number of carbonyl (C=O) groups is 2. The molecule has 154 valence electrons. The highest BCUT2D eigenvalue weighted by Crippen LogP contribution is 2.30. The monoisotopic (exact) mass is 400 g/mol. The molecule has 0 aromatic heterocycles. The Morgan fingerprint density at radius 1 is 0.724 bits per heavy atom. The summed E-state index contributed by atoms with van der Waals surface area (Å²) < 4.78 is 27.3. The van der Waals surface area contributed by atoms with Gasteiger partial charge in [0.25, 0.3) is 0 Å². The molecule has 4 atom stereocenters. The van der Waals surface area contributed by atoms with Gasteiger partial charge < -0.3 is 23.7 Å². The summed E-state index contributed by atoms with van der Waals surface area (Å²) in [5, 5.41) is 0. The van der Waals surface area contributed by atoms with E-state index in [2.05, 4.69) is 0 Å². The first kappa shape index (κ1) is 21.0. The molecule has 7 heteroatoms. The molecular weight excluding hydrogens is 376 g/mol. The first-order valence-corrected chi connectivity index (χ1v) is 9.26. The molecule has 7 nitrogen and oxygen atoms in total. The molecular formula is C22H24O7. The Kier molecular flexibility index (Phi) is 7.35. The Labute approximate surface area is 169 Å². The van der Waals surface area contributed by atoms with Crippen molar-refractivity contribution >= 4 is 11.9 Å². The summed E-state index contributed by atoms with van der Waals surface area (Å²) in [6.45, 7) is 0.447. The Hall–Kier alpha value is -2.74. The highest BCUT2D eigenvalue weighted by atomic mass is 16.6. The second-order valence-electron chi connectivity index (χ2n) is 6.55. The van der Waals surface area contributed by atoms with E-state index >= 15 is 0 Å². The fourth-order valence-corrected chi connectivity index (χ4v) is 3.17. The van der Waals surface area contributed by atoms with Crippen molar-refractivity contribution in [2.75, 3.05) is 14.2 Å². The molecule has 0 amide bonds. The van der Waals surface area contributed by atoms with E-state index in [0.717, 1.165) is 11.1 Å². The molecule has 1 fully saturated rings. The van der Waals surface area contributed by atoms with Gasteiger partial charge in [0.1, 0.15) is 12.2 Å². The maximum Gasteiger partial charge on any atom is 0.337 e. The van der Waals surface area contributed by atoms with Gasteiger partial charge in [0.05, 0.1) is 27.4 Å². The highest BCUT2D eigenvalue weighted by molar-refractivity contribution is 5.80. The van der Waals surface area contributed by atoms with E-state index in [0.29, 0.717) is 0 Å². The lowest BCUT2D eigenvalue weighted by molar-refractivity contribution is -0.166. The lowest BCUT2D eigenvalue weighted by Crippen LogP contribution is -2.42. The van der Waals surface area contributed by atoms with Crippen molar-refractivity contribution in [3.05, 3.63) is 71.8 Å². The van der Waals surface area contributed by atoms with E-state index in [1.54, 1.807) is 0 Å². The van der Waals surface area contributed by atoms with Crippen molar-refractivity contribution in [1.82, 2.24) is 0 Å². The maximum absolute atomic E-state index is 12.3. The Morgan fingerprint density at radius 2 is 1.10 bits per heavy atom. The zero-order valence-electron chi connectivity index (χ0n) is 16.4. The molecule has 0 aliphatic carbocycles. The Bertz CT molecular complexity index is 726. The maximum atomic E-state index is 12.3. The van der Waals surface area contributed by atoms with E-state index in [1.165, 1.54) is 14.2 Å². The van der Waals surface area contributed by atoms with Gasteiger partial charge in [-0.2, -0.15) is 0 Å². The van der Waals surface area contributed by atoms with Gasteiger partial charge in [-0.25, -0.2) is 9.59 Å². The van der Waals surface area contributed by atoms with E-state index in [-0.39, 0.29) is 13.2 Å². The largest absolute Gasteiger partial charge is 0.467 e. The number of hydrogen-bond donors (Lipinski definition) is 0. The van der Waals surface area contributed by atoms with Crippen LogP contribution in [0.1, 0.15) is 11.1 Å². The molecule has 0 radical (unpaired) electrons. The van der Waals surface area contributed by atoms with Gasteiger partial charge in [0.2, 0.25) is 0 Å². The van der Waals surface area contributed by atoms with Crippen molar-refractivity contribution in [3.63, 3.8) is 0 Å². The van der Waals surface area contributed by atoms with Gasteiger partial charge in [-0.1, -0.05) is 60.7 Å². The third kappa shape index (κ3) is 5.20. The van der Waals surface area contributed by atoms with E-state index in [4.69, 9.17) is 23.7 Å². The van der Waals surface area contributed by atoms with Gasteiger partial charge in [-0.05, 0) is 11.1 Å². The molecule has 2 aromatic carbocycles. The fraction of sp³-hybridized carbons (Fsp3) is 0.364. The third-order valence-electron chi connectivity index (χ3n) is 4.65. The van der Waals surface area contributed by atoms with Crippen LogP contribution in [0.3, 0.4) is 0 Å². The Morgan fingerprint density at radius 3 is 1.45 bits per heavy atom. The van der Waals surface area contributed by atoms with Gasteiger partial charge in [0, 0.05) is 0 Å². The SMILES string of the molecule is COC(=O)[C@@H]1O[C@@H](C(=O)OC)[C@@H](OCc2ccccc2)[C@@H]1OCc1ccccc1.